The Balaban J connectivity index is 0. The SMILES string of the molecule is CCCCCCCCCCCCCCC[O-].[Na+]. The van der Waals surface area contributed by atoms with E-state index in [1.807, 2.05) is 0 Å². The maximum absolute atomic E-state index is 10.2. The van der Waals surface area contributed by atoms with Gasteiger partial charge < -0.3 is 5.11 Å². The van der Waals surface area contributed by atoms with Crippen molar-refractivity contribution in [3.8, 4) is 0 Å². The Labute approximate surface area is 131 Å². The van der Waals surface area contributed by atoms with Crippen LogP contribution in [-0.4, -0.2) is 6.61 Å². The normalized spacial score (nSPS) is 10.2. The van der Waals surface area contributed by atoms with E-state index < -0.39 is 0 Å². The Bertz CT molecular complexity index is 103. The van der Waals surface area contributed by atoms with Crippen molar-refractivity contribution in [2.24, 2.45) is 0 Å². The van der Waals surface area contributed by atoms with E-state index in [4.69, 9.17) is 0 Å². The van der Waals surface area contributed by atoms with Crippen molar-refractivity contribution in [1.29, 1.82) is 0 Å². The molecule has 2 heteroatoms. The van der Waals surface area contributed by atoms with E-state index in [0.29, 0.717) is 0 Å². The number of hydrogen-bond acceptors (Lipinski definition) is 1. The molecule has 98 valence electrons. The molecular formula is C15H31NaO. The molecule has 0 spiro atoms. The van der Waals surface area contributed by atoms with Gasteiger partial charge in [0.2, 0.25) is 0 Å². The smallest absolute Gasteiger partial charge is 0.854 e. The van der Waals surface area contributed by atoms with Gasteiger partial charge in [-0.1, -0.05) is 90.4 Å². The average molecular weight is 250 g/mol. The van der Waals surface area contributed by atoms with E-state index >= 15 is 0 Å². The fraction of sp³-hybridized carbons (Fsp3) is 1.00. The molecule has 0 amide bonds. The zero-order valence-electron chi connectivity index (χ0n) is 12.3. The molecule has 0 saturated heterocycles. The van der Waals surface area contributed by atoms with Gasteiger partial charge in [0.1, 0.15) is 0 Å². The summed E-state index contributed by atoms with van der Waals surface area (Å²) < 4.78 is 0. The molecule has 0 aromatic carbocycles. The van der Waals surface area contributed by atoms with Crippen molar-refractivity contribution >= 4 is 0 Å². The van der Waals surface area contributed by atoms with Crippen LogP contribution in [0.2, 0.25) is 0 Å². The third kappa shape index (κ3) is 19.5. The summed E-state index contributed by atoms with van der Waals surface area (Å²) in [5.74, 6) is 0. The fourth-order valence-electron chi connectivity index (χ4n) is 2.12. The molecule has 0 unspecified atom stereocenters. The molecule has 0 N–H and O–H groups in total. The number of hydrogen-bond donors (Lipinski definition) is 0. The largest absolute Gasteiger partial charge is 1.00 e. The number of rotatable bonds is 13. The van der Waals surface area contributed by atoms with Crippen LogP contribution >= 0.6 is 0 Å². The van der Waals surface area contributed by atoms with E-state index in [0.717, 1.165) is 12.8 Å². The van der Waals surface area contributed by atoms with Crippen molar-refractivity contribution in [2.45, 2.75) is 90.4 Å². The Morgan fingerprint density at radius 2 is 0.824 bits per heavy atom. The Morgan fingerprint density at radius 3 is 1.12 bits per heavy atom. The molecule has 0 bridgehead atoms. The van der Waals surface area contributed by atoms with Crippen LogP contribution in [0.1, 0.15) is 90.4 Å². The summed E-state index contributed by atoms with van der Waals surface area (Å²) >= 11 is 0. The molecule has 0 aliphatic carbocycles. The van der Waals surface area contributed by atoms with Crippen LogP contribution in [0.5, 0.6) is 0 Å². The van der Waals surface area contributed by atoms with Gasteiger partial charge in [0.05, 0.1) is 0 Å². The molecule has 0 saturated carbocycles. The van der Waals surface area contributed by atoms with Crippen molar-refractivity contribution in [1.82, 2.24) is 0 Å². The van der Waals surface area contributed by atoms with Crippen molar-refractivity contribution < 1.29 is 34.7 Å². The molecule has 0 aromatic rings. The fourth-order valence-corrected chi connectivity index (χ4v) is 2.12. The minimum atomic E-state index is 0. The second-order valence-electron chi connectivity index (χ2n) is 4.95. The monoisotopic (exact) mass is 250 g/mol. The van der Waals surface area contributed by atoms with Crippen LogP contribution in [0.25, 0.3) is 0 Å². The second-order valence-corrected chi connectivity index (χ2v) is 4.95. The molecule has 0 aliphatic rings. The summed E-state index contributed by atoms with van der Waals surface area (Å²) in [4.78, 5) is 0. The summed E-state index contributed by atoms with van der Waals surface area (Å²) in [7, 11) is 0. The minimum Gasteiger partial charge on any atom is -0.854 e. The van der Waals surface area contributed by atoms with Crippen LogP contribution in [0, 0.1) is 0 Å². The Hall–Kier alpha value is 0.960. The van der Waals surface area contributed by atoms with Gasteiger partial charge in [-0.05, 0) is 0 Å². The van der Waals surface area contributed by atoms with Gasteiger partial charge in [0.25, 0.3) is 0 Å². The Morgan fingerprint density at radius 1 is 0.529 bits per heavy atom. The van der Waals surface area contributed by atoms with E-state index in [9.17, 15) is 5.11 Å². The van der Waals surface area contributed by atoms with Gasteiger partial charge in [0, 0.05) is 0 Å². The van der Waals surface area contributed by atoms with Crippen LogP contribution < -0.4 is 34.7 Å². The number of unbranched alkanes of at least 4 members (excludes halogenated alkanes) is 12. The van der Waals surface area contributed by atoms with Crippen molar-refractivity contribution in [2.75, 3.05) is 6.61 Å². The first-order valence-corrected chi connectivity index (χ1v) is 7.50. The molecule has 0 atom stereocenters. The van der Waals surface area contributed by atoms with Crippen molar-refractivity contribution in [3.05, 3.63) is 0 Å². The summed E-state index contributed by atoms with van der Waals surface area (Å²) in [6.45, 7) is 2.39. The standard InChI is InChI=1S/C15H31O.Na/c1-2-3-4-5-6-7-8-9-10-11-12-13-14-15-16;/h2-15H2,1H3;/q-1;+1. The summed E-state index contributed by atoms with van der Waals surface area (Å²) in [5.41, 5.74) is 0. The summed E-state index contributed by atoms with van der Waals surface area (Å²) in [6.07, 6.45) is 17.4. The quantitative estimate of drug-likeness (QED) is 0.358. The zero-order chi connectivity index (χ0) is 11.9. The van der Waals surface area contributed by atoms with Crippen molar-refractivity contribution in [3.63, 3.8) is 0 Å². The van der Waals surface area contributed by atoms with Crippen LogP contribution in [0.4, 0.5) is 0 Å². The Kier molecular flexibility index (Phi) is 23.0. The average Bonchev–Trinajstić information content (AvgIpc) is 2.31. The zero-order valence-corrected chi connectivity index (χ0v) is 14.3. The van der Waals surface area contributed by atoms with Crippen LogP contribution in [0.15, 0.2) is 0 Å². The molecule has 0 aliphatic heterocycles. The van der Waals surface area contributed by atoms with E-state index in [-0.39, 0.29) is 36.2 Å². The second kappa shape index (κ2) is 19.3. The van der Waals surface area contributed by atoms with E-state index in [2.05, 4.69) is 6.92 Å². The maximum atomic E-state index is 10.2. The van der Waals surface area contributed by atoms with Gasteiger partial charge in [0.15, 0.2) is 0 Å². The van der Waals surface area contributed by atoms with Gasteiger partial charge >= 0.3 is 29.6 Å². The van der Waals surface area contributed by atoms with Gasteiger partial charge in [-0.3, -0.25) is 0 Å². The third-order valence-electron chi connectivity index (χ3n) is 3.25. The first-order valence-electron chi connectivity index (χ1n) is 7.50. The summed E-state index contributed by atoms with van der Waals surface area (Å²) in [6, 6.07) is 0. The predicted octanol–water partition coefficient (Wildman–Crippen LogP) is 1.44. The molecular weight excluding hydrogens is 219 g/mol. The molecule has 17 heavy (non-hydrogen) atoms. The first-order chi connectivity index (χ1) is 7.91. The van der Waals surface area contributed by atoms with Crippen LogP contribution in [-0.2, 0) is 0 Å². The maximum Gasteiger partial charge on any atom is 1.00 e. The topological polar surface area (TPSA) is 23.1 Å². The molecule has 0 radical (unpaired) electrons. The predicted molar refractivity (Wildman–Crippen MR) is 70.6 cm³/mol. The van der Waals surface area contributed by atoms with E-state index in [1.54, 1.807) is 0 Å². The third-order valence-corrected chi connectivity index (χ3v) is 3.25. The molecule has 0 aromatic heterocycles. The first kappa shape index (κ1) is 20.3. The van der Waals surface area contributed by atoms with Gasteiger partial charge in [-0.15, -0.1) is 6.61 Å². The van der Waals surface area contributed by atoms with Gasteiger partial charge in [-0.25, -0.2) is 0 Å². The summed E-state index contributed by atoms with van der Waals surface area (Å²) in [5, 5.41) is 10.2. The molecule has 0 fully saturated rings. The minimum absolute atomic E-state index is 0. The van der Waals surface area contributed by atoms with Gasteiger partial charge in [-0.2, -0.15) is 0 Å². The van der Waals surface area contributed by atoms with Crippen LogP contribution in [0.3, 0.4) is 0 Å². The molecule has 1 nitrogen and oxygen atoms in total. The molecule has 0 rings (SSSR count). The molecule has 0 heterocycles. The van der Waals surface area contributed by atoms with E-state index in [1.165, 1.54) is 70.6 Å².